The number of esters is 1. The molecule has 0 saturated heterocycles. The average molecular weight is 519 g/mol. The summed E-state index contributed by atoms with van der Waals surface area (Å²) in [6, 6.07) is 13.8. The fraction of sp³-hybridized carbons (Fsp3) is 0.261. The topological polar surface area (TPSA) is 115 Å². The highest BCUT2D eigenvalue weighted by atomic mass is 79.9. The van der Waals surface area contributed by atoms with Crippen molar-refractivity contribution in [1.29, 1.82) is 0 Å². The molecule has 0 radical (unpaired) electrons. The molecule has 0 aromatic heterocycles. The van der Waals surface area contributed by atoms with Gasteiger partial charge in [-0.1, -0.05) is 42.5 Å². The molecule has 2 unspecified atom stereocenters. The summed E-state index contributed by atoms with van der Waals surface area (Å²) >= 11 is 3.25. The second kappa shape index (κ2) is 12.0. The first-order valence-corrected chi connectivity index (χ1v) is 11.0. The van der Waals surface area contributed by atoms with Gasteiger partial charge in [0.15, 0.2) is 0 Å². The van der Waals surface area contributed by atoms with Crippen LogP contribution in [0.1, 0.15) is 30.6 Å². The predicted octanol–water partition coefficient (Wildman–Crippen LogP) is 3.63. The number of para-hydroxylation sites is 1. The van der Waals surface area contributed by atoms with Crippen molar-refractivity contribution >= 4 is 39.6 Å². The number of anilines is 1. The summed E-state index contributed by atoms with van der Waals surface area (Å²) < 4.78 is 18.8. The van der Waals surface area contributed by atoms with Crippen molar-refractivity contribution < 1.29 is 30.1 Å². The number of hydrogen-bond acceptors (Lipinski definition) is 7. The van der Waals surface area contributed by atoms with Crippen molar-refractivity contribution in [2.75, 3.05) is 11.9 Å². The Balaban J connectivity index is 1.73. The summed E-state index contributed by atoms with van der Waals surface area (Å²) in [6.45, 7) is 0.592. The van der Waals surface area contributed by atoms with Gasteiger partial charge in [0.25, 0.3) is 0 Å². The summed E-state index contributed by atoms with van der Waals surface area (Å²) in [6.07, 6.45) is 0.263. The van der Waals surface area contributed by atoms with Crippen LogP contribution in [0.15, 0.2) is 65.3 Å². The summed E-state index contributed by atoms with van der Waals surface area (Å²) in [5, 5.41) is 5.15. The molecule has 0 bridgehead atoms. The molecule has 10 heteroatoms. The predicted molar refractivity (Wildman–Crippen MR) is 124 cm³/mol. The Morgan fingerprint density at radius 2 is 1.88 bits per heavy atom. The molecule has 1 aliphatic rings. The molecule has 0 aliphatic carbocycles. The maximum atomic E-state index is 13.1. The quantitative estimate of drug-likeness (QED) is 0.343. The third-order valence-corrected chi connectivity index (χ3v) is 4.92. The number of benzene rings is 2. The Morgan fingerprint density at radius 3 is 2.58 bits per heavy atom. The smallest absolute Gasteiger partial charge is 0.408 e. The minimum absolute atomic E-state index is 0.0542. The number of alkyl carbamates (subject to hydrolysis) is 1. The fourth-order valence-corrected chi connectivity index (χ4v) is 3.36. The van der Waals surface area contributed by atoms with Gasteiger partial charge in [-0.3, -0.25) is 15.1 Å². The zero-order valence-corrected chi connectivity index (χ0v) is 19.3. The van der Waals surface area contributed by atoms with E-state index in [1.54, 1.807) is 61.5 Å². The zero-order valence-electron chi connectivity index (χ0n) is 18.7. The molecule has 2 amide bonds. The molecule has 174 valence electrons. The molecular weight excluding hydrogens is 494 g/mol. The molecule has 0 saturated carbocycles. The molecule has 33 heavy (non-hydrogen) atoms. The van der Waals surface area contributed by atoms with Gasteiger partial charge in [0.2, 0.25) is 5.91 Å². The van der Waals surface area contributed by atoms with Gasteiger partial charge >= 0.3 is 12.1 Å². The standard InChI is InChI=1S/C23H24BrN3O6/c1-2-31-22(29)17-10-6-7-11-18(17)25-21(28)19(12-16-13-20(24)27-33-16)26-23(30)32-14-15-8-4-3-5-9-15/h3-11,13,16,19,27H,2,12,14H2,1H3,(H,25,28)(H,26,30)/t16?,19-/m0/s1/i14D/t14?,16?,19-. The lowest BCUT2D eigenvalue weighted by Gasteiger charge is -2.21. The van der Waals surface area contributed by atoms with Crippen molar-refractivity contribution in [3.63, 3.8) is 0 Å². The van der Waals surface area contributed by atoms with E-state index in [1.807, 2.05) is 0 Å². The van der Waals surface area contributed by atoms with E-state index >= 15 is 0 Å². The van der Waals surface area contributed by atoms with Crippen molar-refractivity contribution in [2.45, 2.75) is 32.1 Å². The molecule has 9 nitrogen and oxygen atoms in total. The number of hydroxylamine groups is 1. The lowest BCUT2D eigenvalue weighted by atomic mass is 10.1. The molecule has 2 aromatic carbocycles. The lowest BCUT2D eigenvalue weighted by molar-refractivity contribution is -0.119. The van der Waals surface area contributed by atoms with Gasteiger partial charge in [0.05, 0.1) is 19.2 Å². The molecule has 3 N–H and O–H groups in total. The third kappa shape index (κ3) is 7.33. The average Bonchev–Trinajstić information content (AvgIpc) is 3.24. The molecule has 2 aromatic rings. The minimum Gasteiger partial charge on any atom is -0.462 e. The van der Waals surface area contributed by atoms with Crippen LogP contribution in [0.4, 0.5) is 10.5 Å². The third-order valence-electron chi connectivity index (χ3n) is 4.50. The van der Waals surface area contributed by atoms with Crippen LogP contribution in [0.2, 0.25) is 0 Å². The molecule has 1 heterocycles. The fourth-order valence-electron chi connectivity index (χ4n) is 2.97. The summed E-state index contributed by atoms with van der Waals surface area (Å²) in [7, 11) is 0. The summed E-state index contributed by atoms with van der Waals surface area (Å²) in [5.74, 6) is -1.19. The Hall–Kier alpha value is -3.37. The molecule has 3 atom stereocenters. The Morgan fingerprint density at radius 1 is 1.15 bits per heavy atom. The van der Waals surface area contributed by atoms with E-state index in [2.05, 4.69) is 32.0 Å². The van der Waals surface area contributed by atoms with E-state index in [0.29, 0.717) is 10.2 Å². The number of rotatable bonds is 9. The van der Waals surface area contributed by atoms with Gasteiger partial charge in [0.1, 0.15) is 23.3 Å². The number of halogens is 1. The van der Waals surface area contributed by atoms with Crippen LogP contribution in [-0.4, -0.2) is 36.7 Å². The van der Waals surface area contributed by atoms with Crippen LogP contribution >= 0.6 is 15.9 Å². The first-order chi connectivity index (χ1) is 16.4. The van der Waals surface area contributed by atoms with Gasteiger partial charge in [-0.25, -0.2) is 9.59 Å². The first kappa shape index (κ1) is 22.8. The van der Waals surface area contributed by atoms with E-state index in [-0.39, 0.29) is 24.3 Å². The van der Waals surface area contributed by atoms with Crippen LogP contribution in [-0.2, 0) is 25.7 Å². The molecule has 3 rings (SSSR count). The number of nitrogens with one attached hydrogen (secondary N) is 3. The Bertz CT molecular complexity index is 1050. The number of carbonyl (C=O) groups excluding carboxylic acids is 3. The minimum atomic E-state index is -1.27. The zero-order chi connectivity index (χ0) is 24.5. The van der Waals surface area contributed by atoms with Gasteiger partial charge in [-0.2, -0.15) is 0 Å². The van der Waals surface area contributed by atoms with E-state index in [1.165, 1.54) is 6.07 Å². The SMILES string of the molecule is [2H]C(OC(=O)N[C@@H](CC1C=C(Br)NO1)C(=O)Nc1ccccc1C(=O)OCC)c1ccccc1. The molecule has 0 fully saturated rings. The van der Waals surface area contributed by atoms with Gasteiger partial charge in [-0.05, 0) is 46.6 Å². The second-order valence-electron chi connectivity index (χ2n) is 6.89. The number of amides is 2. The van der Waals surface area contributed by atoms with Crippen molar-refractivity contribution in [3.8, 4) is 0 Å². The lowest BCUT2D eigenvalue weighted by Crippen LogP contribution is -2.46. The monoisotopic (exact) mass is 518 g/mol. The van der Waals surface area contributed by atoms with Gasteiger partial charge < -0.3 is 20.1 Å². The highest BCUT2D eigenvalue weighted by molar-refractivity contribution is 9.11. The summed E-state index contributed by atoms with van der Waals surface area (Å²) in [5.41, 5.74) is 3.51. The molecule has 0 spiro atoms. The maximum Gasteiger partial charge on any atom is 0.408 e. The Labute approximate surface area is 201 Å². The van der Waals surface area contributed by atoms with Crippen molar-refractivity contribution in [1.82, 2.24) is 10.8 Å². The number of hydrogen-bond donors (Lipinski definition) is 3. The second-order valence-corrected chi connectivity index (χ2v) is 7.75. The molecular formula is C23H24BrN3O6. The highest BCUT2D eigenvalue weighted by Crippen LogP contribution is 2.20. The van der Waals surface area contributed by atoms with Crippen LogP contribution < -0.4 is 16.1 Å². The van der Waals surface area contributed by atoms with Crippen molar-refractivity contribution in [2.24, 2.45) is 0 Å². The van der Waals surface area contributed by atoms with Gasteiger partial charge in [0, 0.05) is 6.42 Å². The highest BCUT2D eigenvalue weighted by Gasteiger charge is 2.28. The van der Waals surface area contributed by atoms with E-state index in [9.17, 15) is 14.4 Å². The van der Waals surface area contributed by atoms with E-state index in [0.717, 1.165) is 0 Å². The van der Waals surface area contributed by atoms with Crippen LogP contribution in [0, 0.1) is 0 Å². The van der Waals surface area contributed by atoms with Crippen LogP contribution in [0.3, 0.4) is 0 Å². The van der Waals surface area contributed by atoms with Gasteiger partial charge in [-0.15, -0.1) is 0 Å². The molecule has 1 aliphatic heterocycles. The largest absolute Gasteiger partial charge is 0.462 e. The van der Waals surface area contributed by atoms with E-state index < -0.39 is 36.7 Å². The number of carbonyl (C=O) groups is 3. The van der Waals surface area contributed by atoms with Crippen molar-refractivity contribution in [3.05, 3.63) is 76.4 Å². The first-order valence-electron chi connectivity index (χ1n) is 10.8. The maximum absolute atomic E-state index is 13.1. The van der Waals surface area contributed by atoms with Crippen LogP contribution in [0.25, 0.3) is 0 Å². The Kier molecular flexibility index (Phi) is 8.31. The number of ether oxygens (including phenoxy) is 2. The van der Waals surface area contributed by atoms with Crippen LogP contribution in [0.5, 0.6) is 0 Å². The summed E-state index contributed by atoms with van der Waals surface area (Å²) in [4.78, 5) is 43.2. The van der Waals surface area contributed by atoms with E-state index in [4.69, 9.17) is 15.7 Å². The normalized spacial score (nSPS) is 17.0.